The Morgan fingerprint density at radius 2 is 1.83 bits per heavy atom. The Kier molecular flexibility index (Phi) is 6.35. The van der Waals surface area contributed by atoms with Gasteiger partial charge >= 0.3 is 0 Å². The van der Waals surface area contributed by atoms with Crippen molar-refractivity contribution in [2.45, 2.75) is 39.5 Å². The number of nitrogens with zero attached hydrogens (tertiary/aromatic N) is 1. The van der Waals surface area contributed by atoms with E-state index in [-0.39, 0.29) is 17.7 Å². The van der Waals surface area contributed by atoms with Crippen molar-refractivity contribution < 1.29 is 14.6 Å². The molecule has 4 nitrogen and oxygen atoms in total. The summed E-state index contributed by atoms with van der Waals surface area (Å²) in [5.41, 5.74) is 2.82. The molecule has 0 aliphatic carbocycles. The Morgan fingerprint density at radius 1 is 1.25 bits per heavy atom. The highest BCUT2D eigenvalue weighted by Crippen LogP contribution is 2.36. The zero-order valence-corrected chi connectivity index (χ0v) is 15.9. The molecule has 0 atom stereocenters. The van der Waals surface area contributed by atoms with E-state index in [0.717, 1.165) is 27.3 Å². The summed E-state index contributed by atoms with van der Waals surface area (Å²) in [7, 11) is 1.60. The topological polar surface area (TPSA) is 49.8 Å². The number of amides is 1. The van der Waals surface area contributed by atoms with Crippen molar-refractivity contribution in [1.29, 1.82) is 0 Å². The molecule has 1 aromatic rings. The zero-order valence-electron chi connectivity index (χ0n) is 15.1. The van der Waals surface area contributed by atoms with E-state index in [1.807, 2.05) is 18.2 Å². The number of ether oxygens (including phenoxy) is 1. The van der Waals surface area contributed by atoms with Gasteiger partial charge in [0.15, 0.2) is 0 Å². The third-order valence-electron chi connectivity index (χ3n) is 4.13. The van der Waals surface area contributed by atoms with Crippen molar-refractivity contribution in [2.24, 2.45) is 0 Å². The first-order chi connectivity index (χ1) is 11.3. The van der Waals surface area contributed by atoms with Crippen molar-refractivity contribution in [1.82, 2.24) is 4.90 Å². The lowest BCUT2D eigenvalue weighted by molar-refractivity contribution is -0.130. The summed E-state index contributed by atoms with van der Waals surface area (Å²) in [4.78, 5) is 15.0. The van der Waals surface area contributed by atoms with Crippen LogP contribution in [0.25, 0.3) is 6.08 Å². The molecule has 1 aromatic carbocycles. The van der Waals surface area contributed by atoms with Crippen molar-refractivity contribution in [2.75, 3.05) is 26.1 Å². The molecular weight excluding hydrogens is 322 g/mol. The van der Waals surface area contributed by atoms with Gasteiger partial charge in [-0.25, -0.2) is 0 Å². The first-order valence-electron chi connectivity index (χ1n) is 8.34. The van der Waals surface area contributed by atoms with Gasteiger partial charge in [-0.2, -0.15) is 0 Å². The van der Waals surface area contributed by atoms with Gasteiger partial charge in [0.1, 0.15) is 12.5 Å². The number of aromatic hydroxyl groups is 1. The number of hydrogen-bond donors (Lipinski definition) is 1. The van der Waals surface area contributed by atoms with Crippen molar-refractivity contribution in [3.05, 3.63) is 33.7 Å². The van der Waals surface area contributed by atoms with E-state index >= 15 is 0 Å². The third-order valence-corrected chi connectivity index (χ3v) is 5.12. The van der Waals surface area contributed by atoms with Crippen LogP contribution in [0.5, 0.6) is 5.75 Å². The van der Waals surface area contributed by atoms with E-state index < -0.39 is 0 Å². The molecule has 24 heavy (non-hydrogen) atoms. The summed E-state index contributed by atoms with van der Waals surface area (Å²) in [5, 5.41) is 10.5. The number of rotatable bonds is 5. The minimum Gasteiger partial charge on any atom is -0.507 e. The van der Waals surface area contributed by atoms with Crippen molar-refractivity contribution >= 4 is 23.7 Å². The number of phenolic OH excluding ortho intramolecular Hbond substituents is 1. The summed E-state index contributed by atoms with van der Waals surface area (Å²) < 4.78 is 5.10. The standard InChI is InChI=1S/C19H27NO3S/c1-12(2)15-8-14(9-16(13(3)4)18(15)21)10-17-19(22)20(11-23-5)6-7-24-17/h8-10,12-13,21H,6-7,11H2,1-5H3. The highest BCUT2D eigenvalue weighted by molar-refractivity contribution is 8.04. The van der Waals surface area contributed by atoms with Gasteiger partial charge in [0.2, 0.25) is 0 Å². The molecule has 0 aromatic heterocycles. The number of benzene rings is 1. The first-order valence-corrected chi connectivity index (χ1v) is 9.33. The van der Waals surface area contributed by atoms with E-state index in [4.69, 9.17) is 4.74 Å². The van der Waals surface area contributed by atoms with Crippen molar-refractivity contribution in [3.8, 4) is 5.75 Å². The van der Waals surface area contributed by atoms with Crippen LogP contribution in [0.1, 0.15) is 56.2 Å². The fraction of sp³-hybridized carbons (Fsp3) is 0.526. The maximum absolute atomic E-state index is 12.5. The number of methoxy groups -OCH3 is 1. The molecule has 5 heteroatoms. The van der Waals surface area contributed by atoms with Crippen LogP contribution in [0.15, 0.2) is 17.0 Å². The molecule has 2 rings (SSSR count). The Balaban J connectivity index is 2.42. The second-order valence-corrected chi connectivity index (χ2v) is 7.84. The van der Waals surface area contributed by atoms with Crippen molar-refractivity contribution in [3.63, 3.8) is 0 Å². The summed E-state index contributed by atoms with van der Waals surface area (Å²) in [6.07, 6.45) is 1.94. The number of thioether (sulfide) groups is 1. The predicted molar refractivity (Wildman–Crippen MR) is 100 cm³/mol. The molecular formula is C19H27NO3S. The summed E-state index contributed by atoms with van der Waals surface area (Å²) in [5.74, 6) is 1.71. The highest BCUT2D eigenvalue weighted by Gasteiger charge is 2.24. The second kappa shape index (κ2) is 8.08. The first kappa shape index (κ1) is 18.9. The maximum Gasteiger partial charge on any atom is 0.262 e. The summed E-state index contributed by atoms with van der Waals surface area (Å²) in [6, 6.07) is 3.98. The number of carbonyl (C=O) groups excluding carboxylic acids is 1. The van der Waals surface area contributed by atoms with Crippen LogP contribution in [0.4, 0.5) is 0 Å². The van der Waals surface area contributed by atoms with Gasteiger partial charge in [-0.15, -0.1) is 11.8 Å². The number of phenols is 1. The average molecular weight is 349 g/mol. The predicted octanol–water partition coefficient (Wildman–Crippen LogP) is 4.16. The SMILES string of the molecule is COCN1CCSC(=Cc2cc(C(C)C)c(O)c(C(C)C)c2)C1=O. The lowest BCUT2D eigenvalue weighted by Gasteiger charge is -2.27. The quantitative estimate of drug-likeness (QED) is 0.811. The van der Waals surface area contributed by atoms with Crippen LogP contribution in [0, 0.1) is 0 Å². The van der Waals surface area contributed by atoms with E-state index in [0.29, 0.717) is 19.0 Å². The van der Waals surface area contributed by atoms with Crippen LogP contribution >= 0.6 is 11.8 Å². The lowest BCUT2D eigenvalue weighted by atomic mass is 9.91. The van der Waals surface area contributed by atoms with E-state index in [1.54, 1.807) is 23.8 Å². The molecule has 0 unspecified atom stereocenters. The molecule has 1 heterocycles. The van der Waals surface area contributed by atoms with Crippen LogP contribution in [-0.2, 0) is 9.53 Å². The molecule has 1 aliphatic rings. The monoisotopic (exact) mass is 349 g/mol. The number of carbonyl (C=O) groups is 1. The van der Waals surface area contributed by atoms with E-state index in [2.05, 4.69) is 27.7 Å². The molecule has 0 saturated carbocycles. The van der Waals surface area contributed by atoms with Gasteiger partial charge in [-0.3, -0.25) is 4.79 Å². The highest BCUT2D eigenvalue weighted by atomic mass is 32.2. The molecule has 1 amide bonds. The van der Waals surface area contributed by atoms with Gasteiger partial charge in [0, 0.05) is 19.4 Å². The van der Waals surface area contributed by atoms with E-state index in [9.17, 15) is 9.90 Å². The van der Waals surface area contributed by atoms with Crippen LogP contribution in [-0.4, -0.2) is 42.1 Å². The smallest absolute Gasteiger partial charge is 0.262 e. The lowest BCUT2D eigenvalue weighted by Crippen LogP contribution is -2.38. The van der Waals surface area contributed by atoms with Crippen LogP contribution in [0.2, 0.25) is 0 Å². The number of hydrogen-bond acceptors (Lipinski definition) is 4. The summed E-state index contributed by atoms with van der Waals surface area (Å²) in [6.45, 7) is 9.29. The molecule has 1 fully saturated rings. The Hall–Kier alpha value is -1.46. The molecule has 1 saturated heterocycles. The Labute approximate surface area is 148 Å². The molecule has 0 spiro atoms. The zero-order chi connectivity index (χ0) is 17.9. The molecule has 0 bridgehead atoms. The fourth-order valence-corrected chi connectivity index (χ4v) is 3.79. The largest absolute Gasteiger partial charge is 0.507 e. The minimum absolute atomic E-state index is 0.0124. The Morgan fingerprint density at radius 3 is 2.33 bits per heavy atom. The molecule has 132 valence electrons. The minimum atomic E-state index is 0.0124. The molecule has 1 N–H and O–H groups in total. The summed E-state index contributed by atoms with van der Waals surface area (Å²) >= 11 is 1.58. The second-order valence-electron chi connectivity index (χ2n) is 6.70. The third kappa shape index (κ3) is 4.14. The average Bonchev–Trinajstić information content (AvgIpc) is 2.52. The Bertz CT molecular complexity index is 606. The van der Waals surface area contributed by atoms with Gasteiger partial charge in [-0.1, -0.05) is 27.7 Å². The van der Waals surface area contributed by atoms with Gasteiger partial charge < -0.3 is 14.7 Å². The van der Waals surface area contributed by atoms with Gasteiger partial charge in [0.25, 0.3) is 5.91 Å². The van der Waals surface area contributed by atoms with Gasteiger partial charge in [0.05, 0.1) is 4.91 Å². The normalized spacial score (nSPS) is 17.4. The van der Waals surface area contributed by atoms with E-state index in [1.165, 1.54) is 0 Å². The van der Waals surface area contributed by atoms with Gasteiger partial charge in [-0.05, 0) is 46.7 Å². The maximum atomic E-state index is 12.5. The molecule has 1 aliphatic heterocycles. The molecule has 0 radical (unpaired) electrons. The van der Waals surface area contributed by atoms with Crippen LogP contribution < -0.4 is 0 Å². The van der Waals surface area contributed by atoms with Crippen LogP contribution in [0.3, 0.4) is 0 Å². The fourth-order valence-electron chi connectivity index (χ4n) is 2.79.